The highest BCUT2D eigenvalue weighted by atomic mass is 79.9. The zero-order valence-corrected chi connectivity index (χ0v) is 13.5. The molecule has 0 heterocycles. The largest absolute Gasteiger partial charge is 0.309 e. The Bertz CT molecular complexity index is 538. The van der Waals surface area contributed by atoms with Crippen molar-refractivity contribution in [3.05, 3.63) is 68.7 Å². The number of nitrogens with one attached hydrogen (secondary N) is 1. The molecule has 0 aromatic heterocycles. The maximum absolute atomic E-state index is 3.53. The van der Waals surface area contributed by atoms with Crippen molar-refractivity contribution in [2.45, 2.75) is 26.8 Å². The minimum Gasteiger partial charge on any atom is -0.309 e. The van der Waals surface area contributed by atoms with E-state index in [1.165, 1.54) is 27.8 Å². The third-order valence-corrected chi connectivity index (χ3v) is 4.06. The Morgan fingerprint density at radius 1 is 0.895 bits per heavy atom. The second kappa shape index (κ2) is 5.89. The van der Waals surface area contributed by atoms with Crippen LogP contribution in [0.2, 0.25) is 0 Å². The van der Waals surface area contributed by atoms with Crippen LogP contribution < -0.4 is 5.32 Å². The molecule has 0 aliphatic rings. The van der Waals surface area contributed by atoms with Crippen molar-refractivity contribution in [3.8, 4) is 0 Å². The number of hydrogen-bond acceptors (Lipinski definition) is 1. The van der Waals surface area contributed by atoms with Crippen LogP contribution >= 0.6 is 15.9 Å². The molecule has 0 radical (unpaired) electrons. The Morgan fingerprint density at radius 2 is 1.47 bits per heavy atom. The molecular weight excluding hydrogens is 298 g/mol. The second-order valence-electron chi connectivity index (χ2n) is 5.08. The van der Waals surface area contributed by atoms with Crippen molar-refractivity contribution in [1.29, 1.82) is 0 Å². The van der Waals surface area contributed by atoms with E-state index in [-0.39, 0.29) is 6.04 Å². The highest BCUT2D eigenvalue weighted by molar-refractivity contribution is 9.10. The number of aryl methyl sites for hydroxylation is 3. The van der Waals surface area contributed by atoms with Crippen molar-refractivity contribution in [1.82, 2.24) is 5.32 Å². The molecule has 0 saturated carbocycles. The van der Waals surface area contributed by atoms with E-state index in [2.05, 4.69) is 78.4 Å². The highest BCUT2D eigenvalue weighted by Crippen LogP contribution is 2.29. The molecule has 1 nitrogen and oxygen atoms in total. The van der Waals surface area contributed by atoms with Crippen molar-refractivity contribution in [3.63, 3.8) is 0 Å². The predicted octanol–water partition coefficient (Wildman–Crippen LogP) is 4.68. The van der Waals surface area contributed by atoms with Crippen LogP contribution in [0.4, 0.5) is 0 Å². The van der Waals surface area contributed by atoms with E-state index in [0.29, 0.717) is 0 Å². The molecular formula is C17H20BrN. The van der Waals surface area contributed by atoms with Gasteiger partial charge in [0.2, 0.25) is 0 Å². The summed E-state index contributed by atoms with van der Waals surface area (Å²) in [6.07, 6.45) is 0. The first-order valence-corrected chi connectivity index (χ1v) is 7.32. The number of halogens is 1. The van der Waals surface area contributed by atoms with Crippen LogP contribution in [0.15, 0.2) is 40.9 Å². The molecule has 2 aromatic rings. The van der Waals surface area contributed by atoms with Gasteiger partial charge in [-0.15, -0.1) is 0 Å². The lowest BCUT2D eigenvalue weighted by Gasteiger charge is -2.22. The summed E-state index contributed by atoms with van der Waals surface area (Å²) in [7, 11) is 2.02. The topological polar surface area (TPSA) is 12.0 Å². The Kier molecular flexibility index (Phi) is 4.43. The smallest absolute Gasteiger partial charge is 0.0579 e. The SMILES string of the molecule is CNC(c1ccc(C)cc1C)c1ccc(Br)cc1C. The fourth-order valence-electron chi connectivity index (χ4n) is 2.59. The monoisotopic (exact) mass is 317 g/mol. The Labute approximate surface area is 124 Å². The Balaban J connectivity index is 2.50. The van der Waals surface area contributed by atoms with Crippen LogP contribution in [0.25, 0.3) is 0 Å². The lowest BCUT2D eigenvalue weighted by molar-refractivity contribution is 0.683. The van der Waals surface area contributed by atoms with Crippen LogP contribution in [-0.2, 0) is 0 Å². The van der Waals surface area contributed by atoms with Crippen molar-refractivity contribution >= 4 is 15.9 Å². The summed E-state index contributed by atoms with van der Waals surface area (Å²) in [5.74, 6) is 0. The van der Waals surface area contributed by atoms with E-state index >= 15 is 0 Å². The molecule has 0 aliphatic carbocycles. The molecule has 1 atom stereocenters. The molecule has 0 bridgehead atoms. The van der Waals surface area contributed by atoms with Crippen molar-refractivity contribution in [2.24, 2.45) is 0 Å². The molecule has 0 amide bonds. The second-order valence-corrected chi connectivity index (χ2v) is 6.00. The summed E-state index contributed by atoms with van der Waals surface area (Å²) in [5.41, 5.74) is 6.62. The first kappa shape index (κ1) is 14.3. The standard InChI is InChI=1S/C17H20BrN/c1-11-5-7-15(12(2)9-11)17(19-4)16-8-6-14(18)10-13(16)3/h5-10,17,19H,1-4H3. The summed E-state index contributed by atoms with van der Waals surface area (Å²) in [6.45, 7) is 6.48. The molecule has 2 aromatic carbocycles. The summed E-state index contributed by atoms with van der Waals surface area (Å²) >= 11 is 3.53. The maximum atomic E-state index is 3.53. The fourth-order valence-corrected chi connectivity index (χ4v) is 3.07. The van der Waals surface area contributed by atoms with Gasteiger partial charge in [0, 0.05) is 4.47 Å². The minimum atomic E-state index is 0.244. The van der Waals surface area contributed by atoms with Gasteiger partial charge in [0.25, 0.3) is 0 Å². The zero-order chi connectivity index (χ0) is 14.0. The van der Waals surface area contributed by atoms with E-state index in [1.54, 1.807) is 0 Å². The zero-order valence-electron chi connectivity index (χ0n) is 11.9. The van der Waals surface area contributed by atoms with Gasteiger partial charge in [-0.3, -0.25) is 0 Å². The summed E-state index contributed by atoms with van der Waals surface area (Å²) < 4.78 is 1.13. The maximum Gasteiger partial charge on any atom is 0.0579 e. The molecule has 1 unspecified atom stereocenters. The highest BCUT2D eigenvalue weighted by Gasteiger charge is 2.16. The van der Waals surface area contributed by atoms with Gasteiger partial charge in [-0.05, 0) is 62.2 Å². The van der Waals surface area contributed by atoms with Crippen LogP contribution in [0.1, 0.15) is 33.9 Å². The lowest BCUT2D eigenvalue weighted by atomic mass is 9.91. The summed E-state index contributed by atoms with van der Waals surface area (Å²) in [6, 6.07) is 13.4. The lowest BCUT2D eigenvalue weighted by Crippen LogP contribution is -2.19. The van der Waals surface area contributed by atoms with Gasteiger partial charge in [-0.25, -0.2) is 0 Å². The van der Waals surface area contributed by atoms with Gasteiger partial charge < -0.3 is 5.32 Å². The third kappa shape index (κ3) is 3.07. The summed E-state index contributed by atoms with van der Waals surface area (Å²) in [5, 5.41) is 3.44. The first-order valence-electron chi connectivity index (χ1n) is 6.53. The van der Waals surface area contributed by atoms with E-state index in [0.717, 1.165) is 4.47 Å². The van der Waals surface area contributed by atoms with Gasteiger partial charge in [0.1, 0.15) is 0 Å². The van der Waals surface area contributed by atoms with Gasteiger partial charge in [-0.1, -0.05) is 45.8 Å². The average Bonchev–Trinajstić information content (AvgIpc) is 2.34. The minimum absolute atomic E-state index is 0.244. The number of benzene rings is 2. The van der Waals surface area contributed by atoms with Crippen molar-refractivity contribution in [2.75, 3.05) is 7.05 Å². The van der Waals surface area contributed by atoms with Gasteiger partial charge in [0.15, 0.2) is 0 Å². The number of hydrogen-bond donors (Lipinski definition) is 1. The normalized spacial score (nSPS) is 12.5. The molecule has 2 rings (SSSR count). The molecule has 0 fully saturated rings. The van der Waals surface area contributed by atoms with E-state index in [4.69, 9.17) is 0 Å². The number of rotatable bonds is 3. The van der Waals surface area contributed by atoms with Gasteiger partial charge in [-0.2, -0.15) is 0 Å². The van der Waals surface area contributed by atoms with Crippen LogP contribution in [0.5, 0.6) is 0 Å². The molecule has 0 saturated heterocycles. The van der Waals surface area contributed by atoms with Crippen LogP contribution in [0, 0.1) is 20.8 Å². The van der Waals surface area contributed by atoms with Crippen LogP contribution in [-0.4, -0.2) is 7.05 Å². The quantitative estimate of drug-likeness (QED) is 0.866. The Hall–Kier alpha value is -1.12. The van der Waals surface area contributed by atoms with E-state index < -0.39 is 0 Å². The molecule has 0 spiro atoms. The first-order chi connectivity index (χ1) is 9.02. The molecule has 1 N–H and O–H groups in total. The van der Waals surface area contributed by atoms with E-state index in [1.807, 2.05) is 7.05 Å². The molecule has 2 heteroatoms. The molecule has 100 valence electrons. The predicted molar refractivity (Wildman–Crippen MR) is 85.7 cm³/mol. The van der Waals surface area contributed by atoms with Gasteiger partial charge >= 0.3 is 0 Å². The molecule has 19 heavy (non-hydrogen) atoms. The van der Waals surface area contributed by atoms with Gasteiger partial charge in [0.05, 0.1) is 6.04 Å². The average molecular weight is 318 g/mol. The molecule has 0 aliphatic heterocycles. The fraction of sp³-hybridized carbons (Fsp3) is 0.294. The third-order valence-electron chi connectivity index (χ3n) is 3.57. The van der Waals surface area contributed by atoms with Crippen molar-refractivity contribution < 1.29 is 0 Å². The van der Waals surface area contributed by atoms with Crippen LogP contribution in [0.3, 0.4) is 0 Å². The summed E-state index contributed by atoms with van der Waals surface area (Å²) in [4.78, 5) is 0. The van der Waals surface area contributed by atoms with E-state index in [9.17, 15) is 0 Å². The Morgan fingerprint density at radius 3 is 2.00 bits per heavy atom.